The Morgan fingerprint density at radius 1 is 0.365 bits per heavy atom. The molecule has 0 aromatic heterocycles. The average molecular weight is 894 g/mol. The van der Waals surface area contributed by atoms with Gasteiger partial charge in [-0.2, -0.15) is 0 Å². The summed E-state index contributed by atoms with van der Waals surface area (Å²) in [6.07, 6.45) is 27.5. The summed E-state index contributed by atoms with van der Waals surface area (Å²) in [5, 5.41) is 14.4. The van der Waals surface area contributed by atoms with E-state index in [0.717, 1.165) is 44.9 Å². The van der Waals surface area contributed by atoms with Crippen molar-refractivity contribution < 1.29 is 28.8 Å². The van der Waals surface area contributed by atoms with Crippen molar-refractivity contribution in [3.8, 4) is 0 Å². The van der Waals surface area contributed by atoms with Crippen LogP contribution in [0.2, 0.25) is 0 Å². The van der Waals surface area contributed by atoms with E-state index in [2.05, 4.69) is 40.4 Å². The number of nitrogens with two attached hydrogens (primary N) is 4. The third-order valence-electron chi connectivity index (χ3n) is 11.7. The minimum absolute atomic E-state index is 0.0274. The molecule has 6 amide bonds. The van der Waals surface area contributed by atoms with Gasteiger partial charge in [0.2, 0.25) is 35.4 Å². The molecular weight excluding hydrogens is 799 g/mol. The van der Waals surface area contributed by atoms with Crippen molar-refractivity contribution in [2.75, 3.05) is 26.2 Å². The first kappa shape index (κ1) is 59.7. The quantitative estimate of drug-likeness (QED) is 0.0328. The van der Waals surface area contributed by atoms with Gasteiger partial charge in [0.15, 0.2) is 0 Å². The Bertz CT molecular complexity index is 1190. The van der Waals surface area contributed by atoms with Crippen LogP contribution in [0.5, 0.6) is 0 Å². The van der Waals surface area contributed by atoms with E-state index in [-0.39, 0.29) is 24.7 Å². The van der Waals surface area contributed by atoms with Crippen LogP contribution in [0.1, 0.15) is 219 Å². The molecule has 15 nitrogen and oxygen atoms in total. The molecule has 63 heavy (non-hydrogen) atoms. The molecule has 0 aromatic rings. The van der Waals surface area contributed by atoms with Gasteiger partial charge in [-0.05, 0) is 110 Å². The highest BCUT2D eigenvalue weighted by atomic mass is 16.2. The Balaban J connectivity index is 5.67. The van der Waals surface area contributed by atoms with Gasteiger partial charge in [-0.25, -0.2) is 0 Å². The van der Waals surface area contributed by atoms with Crippen LogP contribution in [0.25, 0.3) is 0 Å². The van der Waals surface area contributed by atoms with Gasteiger partial charge in [0.1, 0.15) is 24.2 Å². The number of primary amides is 1. The molecule has 13 N–H and O–H groups in total. The summed E-state index contributed by atoms with van der Waals surface area (Å²) >= 11 is 0. The van der Waals surface area contributed by atoms with Crippen molar-refractivity contribution in [1.29, 1.82) is 0 Å². The number of rotatable bonds is 45. The third kappa shape index (κ3) is 34.7. The Morgan fingerprint density at radius 2 is 0.683 bits per heavy atom. The van der Waals surface area contributed by atoms with E-state index in [1.165, 1.54) is 70.6 Å². The van der Waals surface area contributed by atoms with Crippen molar-refractivity contribution in [3.63, 3.8) is 0 Å². The fourth-order valence-corrected chi connectivity index (χ4v) is 7.64. The first-order chi connectivity index (χ1) is 30.5. The largest absolute Gasteiger partial charge is 0.368 e. The van der Waals surface area contributed by atoms with Crippen molar-refractivity contribution >= 4 is 35.4 Å². The smallest absolute Gasteiger partial charge is 0.243 e. The summed E-state index contributed by atoms with van der Waals surface area (Å²) in [4.78, 5) is 79.4. The number of carbonyl (C=O) groups excluding carboxylic acids is 6. The predicted octanol–water partition coefficient (Wildman–Crippen LogP) is 5.93. The van der Waals surface area contributed by atoms with Gasteiger partial charge in [-0.3, -0.25) is 28.8 Å². The van der Waals surface area contributed by atoms with Gasteiger partial charge >= 0.3 is 0 Å². The average Bonchev–Trinajstić information content (AvgIpc) is 3.26. The van der Waals surface area contributed by atoms with Crippen molar-refractivity contribution in [2.45, 2.75) is 243 Å². The summed E-state index contributed by atoms with van der Waals surface area (Å²) in [5.74, 6) is -2.47. The topological polar surface area (TPSA) is 267 Å². The molecular formula is C48H95N9O6. The summed E-state index contributed by atoms with van der Waals surface area (Å²) in [5.41, 5.74) is 22.7. The molecule has 0 fully saturated rings. The SMILES string of the molecule is CCCCCCCCCCCC(=O)NCCCC[C@H](NC(=O)CCCCCCCCCCC)C(=O)N[C@@H](CCCCN)C(=O)N[C@@H](CCCCN)C(=O)N[C@@H](CCCCN)C(N)=O. The number of unbranched alkanes of at least 4 members (excludes halogenated alkanes) is 20. The molecule has 0 bridgehead atoms. The van der Waals surface area contributed by atoms with E-state index < -0.39 is 47.8 Å². The van der Waals surface area contributed by atoms with Crippen LogP contribution in [-0.2, 0) is 28.8 Å². The van der Waals surface area contributed by atoms with Crippen LogP contribution in [0, 0.1) is 0 Å². The summed E-state index contributed by atoms with van der Waals surface area (Å²) in [6.45, 7) is 6.15. The van der Waals surface area contributed by atoms with E-state index in [4.69, 9.17) is 22.9 Å². The second-order valence-corrected chi connectivity index (χ2v) is 17.6. The molecule has 0 saturated heterocycles. The summed E-state index contributed by atoms with van der Waals surface area (Å²) in [7, 11) is 0. The lowest BCUT2D eigenvalue weighted by Gasteiger charge is -2.26. The molecule has 0 aromatic carbocycles. The van der Waals surface area contributed by atoms with Crippen LogP contribution >= 0.6 is 0 Å². The zero-order valence-corrected chi connectivity index (χ0v) is 40.0. The lowest BCUT2D eigenvalue weighted by Crippen LogP contribution is -2.58. The molecule has 0 rings (SSSR count). The zero-order chi connectivity index (χ0) is 46.8. The fourth-order valence-electron chi connectivity index (χ4n) is 7.64. The van der Waals surface area contributed by atoms with Crippen LogP contribution < -0.4 is 49.5 Å². The van der Waals surface area contributed by atoms with E-state index in [1.807, 2.05) is 0 Å². The Kier molecular flexibility index (Phi) is 40.4. The fraction of sp³-hybridized carbons (Fsp3) is 0.875. The van der Waals surface area contributed by atoms with Gasteiger partial charge < -0.3 is 49.5 Å². The summed E-state index contributed by atoms with van der Waals surface area (Å²) < 4.78 is 0. The molecule has 0 aliphatic heterocycles. The first-order valence-corrected chi connectivity index (χ1v) is 25.4. The van der Waals surface area contributed by atoms with Gasteiger partial charge in [0.05, 0.1) is 0 Å². The lowest BCUT2D eigenvalue weighted by molar-refractivity contribution is -0.134. The molecule has 0 aliphatic rings. The zero-order valence-electron chi connectivity index (χ0n) is 40.0. The number of nitrogens with one attached hydrogen (secondary N) is 5. The van der Waals surface area contributed by atoms with Crippen LogP contribution in [0.3, 0.4) is 0 Å². The maximum Gasteiger partial charge on any atom is 0.243 e. The number of hydrogen-bond donors (Lipinski definition) is 9. The molecule has 0 heterocycles. The maximum absolute atomic E-state index is 14.0. The first-order valence-electron chi connectivity index (χ1n) is 25.4. The third-order valence-corrected chi connectivity index (χ3v) is 11.7. The van der Waals surface area contributed by atoms with Gasteiger partial charge in [0.25, 0.3) is 0 Å². The van der Waals surface area contributed by atoms with Crippen molar-refractivity contribution in [2.24, 2.45) is 22.9 Å². The molecule has 0 aliphatic carbocycles. The van der Waals surface area contributed by atoms with Gasteiger partial charge in [0, 0.05) is 19.4 Å². The molecule has 0 spiro atoms. The van der Waals surface area contributed by atoms with Crippen LogP contribution in [0.15, 0.2) is 0 Å². The highest BCUT2D eigenvalue weighted by molar-refractivity contribution is 5.95. The molecule has 15 heteroatoms. The molecule has 0 saturated carbocycles. The standard InChI is InChI=1S/C48H95N9O6/c1-3-5-7-9-11-13-15-17-19-33-43(58)53-38-28-24-32-40(54-44(59)34-20-18-16-14-12-10-8-6-4-2)46(61)56-42(31-23-27-37-51)48(63)57-41(30-22-26-36-50)47(62)55-39(45(52)60)29-21-25-35-49/h39-42H,3-38,49-51H2,1-2H3,(H2,52,60)(H,53,58)(H,54,59)(H,55,62)(H,56,61)(H,57,63)/t39-,40-,41-,42-/m0/s1. The molecule has 368 valence electrons. The predicted molar refractivity (Wildman–Crippen MR) is 256 cm³/mol. The van der Waals surface area contributed by atoms with Gasteiger partial charge in [-0.15, -0.1) is 0 Å². The summed E-state index contributed by atoms with van der Waals surface area (Å²) in [6, 6.07) is -3.84. The van der Waals surface area contributed by atoms with Crippen molar-refractivity contribution in [1.82, 2.24) is 26.6 Å². The molecule has 0 unspecified atom stereocenters. The Hall–Kier alpha value is -3.30. The number of hydrogen-bond acceptors (Lipinski definition) is 9. The van der Waals surface area contributed by atoms with Crippen LogP contribution in [-0.4, -0.2) is 85.8 Å². The Labute approximate surface area is 382 Å². The van der Waals surface area contributed by atoms with E-state index in [0.29, 0.717) is 103 Å². The normalized spacial score (nSPS) is 13.1. The monoisotopic (exact) mass is 894 g/mol. The second-order valence-electron chi connectivity index (χ2n) is 17.6. The molecule has 0 radical (unpaired) electrons. The lowest BCUT2D eigenvalue weighted by atomic mass is 10.0. The minimum Gasteiger partial charge on any atom is -0.368 e. The Morgan fingerprint density at radius 3 is 1.06 bits per heavy atom. The van der Waals surface area contributed by atoms with E-state index >= 15 is 0 Å². The highest BCUT2D eigenvalue weighted by Crippen LogP contribution is 2.13. The highest BCUT2D eigenvalue weighted by Gasteiger charge is 2.30. The van der Waals surface area contributed by atoms with E-state index in [9.17, 15) is 28.8 Å². The van der Waals surface area contributed by atoms with E-state index in [1.54, 1.807) is 0 Å². The number of carbonyl (C=O) groups is 6. The molecule has 4 atom stereocenters. The minimum atomic E-state index is -1.01. The van der Waals surface area contributed by atoms with Crippen LogP contribution in [0.4, 0.5) is 0 Å². The second kappa shape index (κ2) is 42.6. The number of amides is 6. The van der Waals surface area contributed by atoms with Gasteiger partial charge in [-0.1, -0.05) is 117 Å². The maximum atomic E-state index is 14.0. The van der Waals surface area contributed by atoms with Crippen molar-refractivity contribution in [3.05, 3.63) is 0 Å².